The summed E-state index contributed by atoms with van der Waals surface area (Å²) >= 11 is 0. The van der Waals surface area contributed by atoms with Crippen molar-refractivity contribution < 1.29 is 18.0 Å². The van der Waals surface area contributed by atoms with Crippen LogP contribution < -0.4 is 9.80 Å². The van der Waals surface area contributed by atoms with Crippen molar-refractivity contribution in [1.29, 1.82) is 0 Å². The molecule has 7 heteroatoms. The fourth-order valence-electron chi connectivity index (χ4n) is 3.95. The molecule has 0 spiro atoms. The number of carbonyl (C=O) groups is 2. The predicted molar refractivity (Wildman–Crippen MR) is 117 cm³/mol. The number of amides is 2. The number of benzene rings is 2. The molecule has 1 saturated heterocycles. The topological polar surface area (TPSA) is 74.8 Å². The van der Waals surface area contributed by atoms with Crippen LogP contribution in [0, 0.1) is 19.8 Å². The van der Waals surface area contributed by atoms with Gasteiger partial charge in [0.1, 0.15) is 0 Å². The SMILES string of the molecule is Cc1ccc(N2CC(C(=O)N(c3ccc(C)cc3)C3C=CS(=O)(=O)C3)CC2=O)cc1. The smallest absolute Gasteiger partial charge is 0.233 e. The van der Waals surface area contributed by atoms with Gasteiger partial charge in [-0.05, 0) is 44.2 Å². The highest BCUT2D eigenvalue weighted by atomic mass is 32.2. The fraction of sp³-hybridized carbons (Fsp3) is 0.304. The zero-order valence-corrected chi connectivity index (χ0v) is 17.8. The summed E-state index contributed by atoms with van der Waals surface area (Å²) in [4.78, 5) is 29.3. The Bertz CT molecular complexity index is 1100. The molecule has 2 amide bonds. The first-order chi connectivity index (χ1) is 14.2. The monoisotopic (exact) mass is 424 g/mol. The first-order valence-electron chi connectivity index (χ1n) is 9.91. The van der Waals surface area contributed by atoms with E-state index in [0.717, 1.165) is 16.8 Å². The predicted octanol–water partition coefficient (Wildman–Crippen LogP) is 3.00. The molecule has 156 valence electrons. The van der Waals surface area contributed by atoms with E-state index in [4.69, 9.17) is 0 Å². The number of carbonyl (C=O) groups excluding carboxylic acids is 2. The molecule has 4 rings (SSSR count). The minimum Gasteiger partial charge on any atom is -0.312 e. The lowest BCUT2D eigenvalue weighted by molar-refractivity contribution is -0.124. The van der Waals surface area contributed by atoms with Gasteiger partial charge in [0.15, 0.2) is 9.84 Å². The molecule has 1 fully saturated rings. The van der Waals surface area contributed by atoms with Crippen LogP contribution in [0.3, 0.4) is 0 Å². The van der Waals surface area contributed by atoms with E-state index >= 15 is 0 Å². The van der Waals surface area contributed by atoms with Gasteiger partial charge < -0.3 is 9.80 Å². The zero-order valence-electron chi connectivity index (χ0n) is 17.0. The maximum atomic E-state index is 13.5. The Balaban J connectivity index is 1.62. The van der Waals surface area contributed by atoms with Gasteiger partial charge in [0.2, 0.25) is 11.8 Å². The molecule has 0 N–H and O–H groups in total. The molecule has 2 heterocycles. The fourth-order valence-corrected chi connectivity index (χ4v) is 5.22. The Hall–Kier alpha value is -2.93. The summed E-state index contributed by atoms with van der Waals surface area (Å²) in [5.41, 5.74) is 3.55. The van der Waals surface area contributed by atoms with Crippen molar-refractivity contribution >= 4 is 33.0 Å². The maximum Gasteiger partial charge on any atom is 0.233 e. The minimum absolute atomic E-state index is 0.101. The summed E-state index contributed by atoms with van der Waals surface area (Å²) in [6, 6.07) is 14.5. The van der Waals surface area contributed by atoms with E-state index in [-0.39, 0.29) is 30.5 Å². The first-order valence-corrected chi connectivity index (χ1v) is 11.6. The molecule has 2 atom stereocenters. The van der Waals surface area contributed by atoms with Crippen LogP contribution in [0.15, 0.2) is 60.0 Å². The van der Waals surface area contributed by atoms with Crippen molar-refractivity contribution in [3.63, 3.8) is 0 Å². The summed E-state index contributed by atoms with van der Waals surface area (Å²) < 4.78 is 24.0. The second-order valence-corrected chi connectivity index (χ2v) is 9.94. The molecule has 2 aliphatic rings. The van der Waals surface area contributed by atoms with Crippen LogP contribution in [-0.4, -0.2) is 38.6 Å². The third-order valence-electron chi connectivity index (χ3n) is 5.61. The van der Waals surface area contributed by atoms with Gasteiger partial charge in [0.25, 0.3) is 0 Å². The molecule has 2 aliphatic heterocycles. The van der Waals surface area contributed by atoms with Gasteiger partial charge in [-0.15, -0.1) is 0 Å². The van der Waals surface area contributed by atoms with Crippen LogP contribution in [0.5, 0.6) is 0 Å². The number of aryl methyl sites for hydroxylation is 2. The largest absolute Gasteiger partial charge is 0.312 e. The Labute approximate surface area is 176 Å². The molecule has 0 aromatic heterocycles. The maximum absolute atomic E-state index is 13.5. The van der Waals surface area contributed by atoms with E-state index in [9.17, 15) is 18.0 Å². The molecule has 0 saturated carbocycles. The third-order valence-corrected chi connectivity index (χ3v) is 6.99. The summed E-state index contributed by atoms with van der Waals surface area (Å²) in [6.45, 7) is 4.21. The van der Waals surface area contributed by atoms with Crippen molar-refractivity contribution in [1.82, 2.24) is 0 Å². The Morgan fingerprint density at radius 3 is 2.17 bits per heavy atom. The van der Waals surface area contributed by atoms with E-state index < -0.39 is 21.8 Å². The number of nitrogens with zero attached hydrogens (tertiary/aromatic N) is 2. The van der Waals surface area contributed by atoms with Crippen molar-refractivity contribution in [2.75, 3.05) is 22.1 Å². The van der Waals surface area contributed by atoms with Crippen LogP contribution in [0.1, 0.15) is 17.5 Å². The summed E-state index contributed by atoms with van der Waals surface area (Å²) in [5, 5.41) is 1.17. The van der Waals surface area contributed by atoms with Crippen LogP contribution in [-0.2, 0) is 19.4 Å². The highest BCUT2D eigenvalue weighted by Crippen LogP contribution is 2.31. The summed E-state index contributed by atoms with van der Waals surface area (Å²) in [7, 11) is -3.33. The molecule has 2 aromatic rings. The van der Waals surface area contributed by atoms with E-state index in [1.165, 1.54) is 10.3 Å². The molecule has 2 aromatic carbocycles. The minimum atomic E-state index is -3.33. The molecular formula is C23H24N2O4S. The van der Waals surface area contributed by atoms with Gasteiger partial charge in [-0.25, -0.2) is 8.42 Å². The highest BCUT2D eigenvalue weighted by Gasteiger charge is 2.40. The summed E-state index contributed by atoms with van der Waals surface area (Å²) in [5.74, 6) is -1.00. The molecule has 0 aliphatic carbocycles. The lowest BCUT2D eigenvalue weighted by Gasteiger charge is -2.30. The lowest BCUT2D eigenvalue weighted by Crippen LogP contribution is -2.45. The Morgan fingerprint density at radius 2 is 1.60 bits per heavy atom. The van der Waals surface area contributed by atoms with Gasteiger partial charge in [0, 0.05) is 29.7 Å². The van der Waals surface area contributed by atoms with E-state index in [2.05, 4.69) is 0 Å². The van der Waals surface area contributed by atoms with E-state index in [1.807, 2.05) is 62.4 Å². The average molecular weight is 425 g/mol. The van der Waals surface area contributed by atoms with Gasteiger partial charge in [-0.3, -0.25) is 9.59 Å². The van der Waals surface area contributed by atoms with Gasteiger partial charge in [-0.1, -0.05) is 35.4 Å². The molecule has 6 nitrogen and oxygen atoms in total. The number of anilines is 2. The standard InChI is InChI=1S/C23H24N2O4S/c1-16-3-7-19(8-4-16)24-14-18(13-22(24)26)23(27)25(20-9-5-17(2)6-10-20)21-11-12-30(28,29)15-21/h3-12,18,21H,13-15H2,1-2H3. The second-order valence-electron chi connectivity index (χ2n) is 8.01. The van der Waals surface area contributed by atoms with Crippen LogP contribution >= 0.6 is 0 Å². The average Bonchev–Trinajstić information content (AvgIpc) is 3.26. The van der Waals surface area contributed by atoms with Crippen molar-refractivity contribution in [3.8, 4) is 0 Å². The van der Waals surface area contributed by atoms with Crippen molar-refractivity contribution in [2.24, 2.45) is 5.92 Å². The quantitative estimate of drug-likeness (QED) is 0.756. The molecule has 0 radical (unpaired) electrons. The van der Waals surface area contributed by atoms with Gasteiger partial charge in [0.05, 0.1) is 17.7 Å². The van der Waals surface area contributed by atoms with Crippen LogP contribution in [0.25, 0.3) is 0 Å². The molecule has 30 heavy (non-hydrogen) atoms. The Kier molecular flexibility index (Phi) is 5.24. The van der Waals surface area contributed by atoms with E-state index in [0.29, 0.717) is 5.69 Å². The lowest BCUT2D eigenvalue weighted by atomic mass is 10.0. The summed E-state index contributed by atoms with van der Waals surface area (Å²) in [6.07, 6.45) is 1.67. The van der Waals surface area contributed by atoms with Gasteiger partial charge in [-0.2, -0.15) is 0 Å². The molecule has 0 bridgehead atoms. The highest BCUT2D eigenvalue weighted by molar-refractivity contribution is 7.94. The molecule has 2 unspecified atom stereocenters. The first kappa shape index (κ1) is 20.3. The second kappa shape index (κ2) is 7.72. The van der Waals surface area contributed by atoms with E-state index in [1.54, 1.807) is 11.0 Å². The number of sulfone groups is 1. The third kappa shape index (κ3) is 4.03. The van der Waals surface area contributed by atoms with Crippen LogP contribution in [0.4, 0.5) is 11.4 Å². The van der Waals surface area contributed by atoms with Gasteiger partial charge >= 0.3 is 0 Å². The number of hydrogen-bond acceptors (Lipinski definition) is 4. The zero-order chi connectivity index (χ0) is 21.5. The van der Waals surface area contributed by atoms with Crippen LogP contribution in [0.2, 0.25) is 0 Å². The normalized spacial score (nSPS) is 22.5. The number of rotatable bonds is 4. The van der Waals surface area contributed by atoms with Crippen molar-refractivity contribution in [3.05, 3.63) is 71.1 Å². The Morgan fingerprint density at radius 1 is 1.00 bits per heavy atom. The number of hydrogen-bond donors (Lipinski definition) is 0. The molecular weight excluding hydrogens is 400 g/mol. The van der Waals surface area contributed by atoms with Crippen molar-refractivity contribution in [2.45, 2.75) is 26.3 Å².